The van der Waals surface area contributed by atoms with E-state index in [0.29, 0.717) is 25.5 Å². The molecule has 0 radical (unpaired) electrons. The van der Waals surface area contributed by atoms with Crippen LogP contribution < -0.4 is 5.32 Å². The van der Waals surface area contributed by atoms with Crippen LogP contribution in [0.15, 0.2) is 65.1 Å². The number of carbonyl (C=O) groups excluding carboxylic acids is 1. The number of aromatic nitrogens is 1. The maximum atomic E-state index is 12.4. The maximum absolute atomic E-state index is 12.4. The summed E-state index contributed by atoms with van der Waals surface area (Å²) >= 11 is 1.55. The van der Waals surface area contributed by atoms with Crippen LogP contribution in [0.5, 0.6) is 0 Å². The smallest absolute Gasteiger partial charge is 0.287 e. The minimum absolute atomic E-state index is 0.245. The van der Waals surface area contributed by atoms with Crippen LogP contribution >= 0.6 is 11.3 Å². The highest BCUT2D eigenvalue weighted by Crippen LogP contribution is 2.31. The number of rotatable bonds is 7. The molecule has 4 rings (SSSR count). The van der Waals surface area contributed by atoms with Crippen molar-refractivity contribution in [1.82, 2.24) is 10.3 Å². The van der Waals surface area contributed by atoms with Crippen molar-refractivity contribution in [2.24, 2.45) is 0 Å². The summed E-state index contributed by atoms with van der Waals surface area (Å²) in [7, 11) is 0. The lowest BCUT2D eigenvalue weighted by Gasteiger charge is -2.05. The summed E-state index contributed by atoms with van der Waals surface area (Å²) in [5, 5.41) is 3.66. The van der Waals surface area contributed by atoms with Gasteiger partial charge in [-0.05, 0) is 42.3 Å². The van der Waals surface area contributed by atoms with E-state index in [9.17, 15) is 4.79 Å². The van der Waals surface area contributed by atoms with Crippen molar-refractivity contribution in [3.05, 3.63) is 77.6 Å². The molecule has 0 spiro atoms. The van der Waals surface area contributed by atoms with E-state index in [1.54, 1.807) is 23.5 Å². The van der Waals surface area contributed by atoms with Crippen LogP contribution in [0.1, 0.15) is 28.6 Å². The Morgan fingerprint density at radius 1 is 1.07 bits per heavy atom. The number of hydrogen-bond acceptors (Lipinski definition) is 5. The van der Waals surface area contributed by atoms with E-state index in [0.717, 1.165) is 26.4 Å². The molecule has 4 aromatic rings. The number of benzene rings is 2. The predicted octanol–water partition coefficient (Wildman–Crippen LogP) is 5.02. The van der Waals surface area contributed by atoms with Gasteiger partial charge in [-0.2, -0.15) is 0 Å². The van der Waals surface area contributed by atoms with Crippen molar-refractivity contribution in [3.63, 3.8) is 0 Å². The molecule has 28 heavy (non-hydrogen) atoms. The molecule has 2 aromatic heterocycles. The zero-order valence-electron chi connectivity index (χ0n) is 15.5. The van der Waals surface area contributed by atoms with E-state index in [-0.39, 0.29) is 11.7 Å². The number of nitrogens with one attached hydrogen (secondary N) is 1. The number of nitrogens with zero attached hydrogens (tertiary/aromatic N) is 1. The quantitative estimate of drug-likeness (QED) is 0.479. The number of fused-ring (bicyclic) bond motifs is 1. The number of hydrogen-bond donors (Lipinski definition) is 1. The van der Waals surface area contributed by atoms with E-state index in [4.69, 9.17) is 9.15 Å². The molecular formula is C22H20N2O3S. The highest BCUT2D eigenvalue weighted by molar-refractivity contribution is 7.21. The van der Waals surface area contributed by atoms with Gasteiger partial charge in [-0.1, -0.05) is 36.4 Å². The summed E-state index contributed by atoms with van der Waals surface area (Å²) in [4.78, 5) is 17.0. The molecule has 6 heteroatoms. The molecule has 0 aliphatic carbocycles. The van der Waals surface area contributed by atoms with Gasteiger partial charge in [-0.15, -0.1) is 11.3 Å². The van der Waals surface area contributed by atoms with Crippen LogP contribution in [-0.2, 0) is 17.9 Å². The molecule has 2 aromatic carbocycles. The van der Waals surface area contributed by atoms with Gasteiger partial charge >= 0.3 is 0 Å². The summed E-state index contributed by atoms with van der Waals surface area (Å²) in [5.41, 5.74) is 3.06. The zero-order valence-corrected chi connectivity index (χ0v) is 16.3. The molecule has 1 N–H and O–H groups in total. The third-order valence-corrected chi connectivity index (χ3v) is 5.33. The summed E-state index contributed by atoms with van der Waals surface area (Å²) in [6.07, 6.45) is 0. The Balaban J connectivity index is 1.39. The summed E-state index contributed by atoms with van der Waals surface area (Å²) in [6, 6.07) is 19.4. The van der Waals surface area contributed by atoms with E-state index in [1.165, 1.54) is 0 Å². The Bertz CT molecular complexity index is 1050. The van der Waals surface area contributed by atoms with Crippen LogP contribution in [-0.4, -0.2) is 17.5 Å². The van der Waals surface area contributed by atoms with Gasteiger partial charge in [0, 0.05) is 13.2 Å². The molecule has 0 saturated carbocycles. The van der Waals surface area contributed by atoms with Crippen molar-refractivity contribution in [2.75, 3.05) is 6.61 Å². The summed E-state index contributed by atoms with van der Waals surface area (Å²) < 4.78 is 12.2. The van der Waals surface area contributed by atoms with Crippen molar-refractivity contribution < 1.29 is 13.9 Å². The standard InChI is InChI=1S/C22H20N2O3S/c1-2-26-14-16-9-7-15(8-10-16)13-23-21(25)18-11-12-19(27-18)22-24-17-5-3-4-6-20(17)28-22/h3-12H,2,13-14H2,1H3,(H,23,25). The molecule has 0 aliphatic heterocycles. The van der Waals surface area contributed by atoms with Crippen molar-refractivity contribution in [3.8, 4) is 10.8 Å². The monoisotopic (exact) mass is 392 g/mol. The molecule has 2 heterocycles. The SMILES string of the molecule is CCOCc1ccc(CNC(=O)c2ccc(-c3nc4ccccc4s3)o2)cc1. The Kier molecular flexibility index (Phi) is 5.50. The van der Waals surface area contributed by atoms with Crippen LogP contribution in [0, 0.1) is 0 Å². The molecule has 0 aliphatic rings. The van der Waals surface area contributed by atoms with Gasteiger partial charge in [0.2, 0.25) is 0 Å². The second-order valence-corrected chi connectivity index (χ2v) is 7.32. The van der Waals surface area contributed by atoms with Gasteiger partial charge < -0.3 is 14.5 Å². The largest absolute Gasteiger partial charge is 0.448 e. The first kappa shape index (κ1) is 18.4. The van der Waals surface area contributed by atoms with Crippen molar-refractivity contribution >= 4 is 27.5 Å². The predicted molar refractivity (Wildman–Crippen MR) is 110 cm³/mol. The Morgan fingerprint density at radius 2 is 1.86 bits per heavy atom. The van der Waals surface area contributed by atoms with Crippen molar-refractivity contribution in [2.45, 2.75) is 20.1 Å². The lowest BCUT2D eigenvalue weighted by molar-refractivity contribution is 0.0924. The number of furan rings is 1. The normalized spacial score (nSPS) is 11.0. The molecule has 0 unspecified atom stereocenters. The van der Waals surface area contributed by atoms with Gasteiger partial charge in [0.25, 0.3) is 5.91 Å². The molecule has 5 nitrogen and oxygen atoms in total. The Labute approximate surface area is 167 Å². The minimum Gasteiger partial charge on any atom is -0.448 e. The van der Waals surface area contributed by atoms with Crippen LogP contribution in [0.4, 0.5) is 0 Å². The Morgan fingerprint density at radius 3 is 2.64 bits per heavy atom. The van der Waals surface area contributed by atoms with E-state index in [1.807, 2.05) is 55.5 Å². The van der Waals surface area contributed by atoms with Crippen LogP contribution in [0.3, 0.4) is 0 Å². The van der Waals surface area contributed by atoms with Crippen LogP contribution in [0.25, 0.3) is 21.0 Å². The second-order valence-electron chi connectivity index (χ2n) is 6.29. The fourth-order valence-corrected chi connectivity index (χ4v) is 3.72. The third-order valence-electron chi connectivity index (χ3n) is 4.28. The first-order valence-electron chi connectivity index (χ1n) is 9.12. The van der Waals surface area contributed by atoms with Gasteiger partial charge in [-0.25, -0.2) is 4.98 Å². The minimum atomic E-state index is -0.245. The van der Waals surface area contributed by atoms with Gasteiger partial charge in [0.15, 0.2) is 16.5 Å². The van der Waals surface area contributed by atoms with Gasteiger partial charge in [0.1, 0.15) is 0 Å². The highest BCUT2D eigenvalue weighted by atomic mass is 32.1. The average molecular weight is 392 g/mol. The topological polar surface area (TPSA) is 64.4 Å². The third kappa shape index (κ3) is 4.13. The lowest BCUT2D eigenvalue weighted by Crippen LogP contribution is -2.22. The molecule has 0 saturated heterocycles. The number of thiazole rings is 1. The fourth-order valence-electron chi connectivity index (χ4n) is 2.80. The van der Waals surface area contributed by atoms with E-state index >= 15 is 0 Å². The van der Waals surface area contributed by atoms with Crippen molar-refractivity contribution in [1.29, 1.82) is 0 Å². The highest BCUT2D eigenvalue weighted by Gasteiger charge is 2.14. The molecule has 0 atom stereocenters. The number of amides is 1. The molecular weight excluding hydrogens is 372 g/mol. The fraction of sp³-hybridized carbons (Fsp3) is 0.182. The molecule has 142 valence electrons. The maximum Gasteiger partial charge on any atom is 0.287 e. The molecule has 0 bridgehead atoms. The summed E-state index contributed by atoms with van der Waals surface area (Å²) in [6.45, 7) is 3.70. The first-order chi connectivity index (χ1) is 13.7. The number of para-hydroxylation sites is 1. The van der Waals surface area contributed by atoms with Crippen LogP contribution in [0.2, 0.25) is 0 Å². The van der Waals surface area contributed by atoms with E-state index < -0.39 is 0 Å². The average Bonchev–Trinajstić information content (AvgIpc) is 3.38. The first-order valence-corrected chi connectivity index (χ1v) is 9.94. The molecule has 0 fully saturated rings. The van der Waals surface area contributed by atoms with E-state index in [2.05, 4.69) is 10.3 Å². The molecule has 1 amide bonds. The van der Waals surface area contributed by atoms with Gasteiger partial charge in [-0.3, -0.25) is 4.79 Å². The lowest BCUT2D eigenvalue weighted by atomic mass is 10.1. The second kappa shape index (κ2) is 8.37. The number of ether oxygens (including phenoxy) is 1. The number of carbonyl (C=O) groups is 1. The Hall–Kier alpha value is -2.96. The summed E-state index contributed by atoms with van der Waals surface area (Å²) in [5.74, 6) is 0.639. The zero-order chi connectivity index (χ0) is 19.3. The van der Waals surface area contributed by atoms with Gasteiger partial charge in [0.05, 0.1) is 16.8 Å².